The van der Waals surface area contributed by atoms with Gasteiger partial charge in [0.25, 0.3) is 5.56 Å². The fourth-order valence-corrected chi connectivity index (χ4v) is 3.70. The predicted octanol–water partition coefficient (Wildman–Crippen LogP) is 1.97. The van der Waals surface area contributed by atoms with Gasteiger partial charge in [0.1, 0.15) is 11.4 Å². The molecule has 0 amide bonds. The zero-order chi connectivity index (χ0) is 25.7. The van der Waals surface area contributed by atoms with Crippen LogP contribution in [-0.2, 0) is 0 Å². The molecule has 0 spiro atoms. The van der Waals surface area contributed by atoms with E-state index >= 15 is 0 Å². The summed E-state index contributed by atoms with van der Waals surface area (Å²) < 4.78 is 77.0. The van der Waals surface area contributed by atoms with Crippen LogP contribution in [0.15, 0.2) is 52.6 Å². The number of alkyl halides is 5. The molecule has 0 saturated carbocycles. The van der Waals surface area contributed by atoms with Crippen LogP contribution >= 0.6 is 0 Å². The van der Waals surface area contributed by atoms with Gasteiger partial charge in [0, 0.05) is 24.7 Å². The number of hydrogen-bond acceptors (Lipinski definition) is 8. The lowest BCUT2D eigenvalue weighted by atomic mass is 10.2. The second-order valence-electron chi connectivity index (χ2n) is 7.72. The van der Waals surface area contributed by atoms with Crippen LogP contribution < -0.4 is 25.6 Å². The highest BCUT2D eigenvalue weighted by atomic mass is 19.4. The number of aromatic nitrogens is 6. The number of rotatable bonds is 5. The largest absolute Gasteiger partial charge is 0.573 e. The molecule has 36 heavy (non-hydrogen) atoms. The van der Waals surface area contributed by atoms with Crippen molar-refractivity contribution < 1.29 is 31.4 Å². The smallest absolute Gasteiger partial charge is 0.466 e. The number of nitrogens with one attached hydrogen (secondary N) is 2. The quantitative estimate of drug-likeness (QED) is 0.389. The van der Waals surface area contributed by atoms with Crippen molar-refractivity contribution in [1.82, 2.24) is 29.5 Å². The van der Waals surface area contributed by atoms with E-state index in [0.717, 1.165) is 18.3 Å². The molecule has 1 fully saturated rings. The Labute approximate surface area is 196 Å². The van der Waals surface area contributed by atoms with Crippen LogP contribution in [0.1, 0.15) is 0 Å². The number of hydrogen-bond donors (Lipinski definition) is 2. The van der Waals surface area contributed by atoms with Crippen molar-refractivity contribution in [3.05, 3.63) is 63.8 Å². The number of imidazole rings is 1. The molecule has 5 rings (SSSR count). The first-order valence-corrected chi connectivity index (χ1v) is 10.2. The highest BCUT2D eigenvalue weighted by Gasteiger charge is 2.51. The molecule has 16 heteroatoms. The first kappa shape index (κ1) is 23.3. The van der Waals surface area contributed by atoms with Gasteiger partial charge < -0.3 is 19.4 Å². The number of aromatic amines is 2. The van der Waals surface area contributed by atoms with Crippen molar-refractivity contribution in [2.45, 2.75) is 18.4 Å². The van der Waals surface area contributed by atoms with Crippen molar-refractivity contribution in [2.75, 3.05) is 18.0 Å². The number of H-pyrrole nitrogens is 2. The van der Waals surface area contributed by atoms with Gasteiger partial charge in [-0.25, -0.2) is 28.1 Å². The molecular weight excluding hydrogens is 497 g/mol. The molecule has 4 aromatic rings. The minimum Gasteiger partial charge on any atom is -0.466 e. The van der Waals surface area contributed by atoms with E-state index in [0.29, 0.717) is 6.20 Å². The Hall–Kier alpha value is -4.50. The van der Waals surface area contributed by atoms with Gasteiger partial charge in [0.15, 0.2) is 11.8 Å². The summed E-state index contributed by atoms with van der Waals surface area (Å²) in [5.74, 6) is -4.33. The molecule has 2 N–H and O–H groups in total. The number of anilines is 1. The molecule has 188 valence electrons. The van der Waals surface area contributed by atoms with Crippen molar-refractivity contribution in [2.24, 2.45) is 0 Å². The lowest BCUT2D eigenvalue weighted by Crippen LogP contribution is -2.36. The van der Waals surface area contributed by atoms with Crippen molar-refractivity contribution >= 4 is 11.3 Å². The third-order valence-corrected chi connectivity index (χ3v) is 5.24. The molecule has 11 nitrogen and oxygen atoms in total. The van der Waals surface area contributed by atoms with E-state index in [1.165, 1.54) is 27.9 Å². The summed E-state index contributed by atoms with van der Waals surface area (Å²) >= 11 is 0. The van der Waals surface area contributed by atoms with E-state index < -0.39 is 41.9 Å². The van der Waals surface area contributed by atoms with E-state index in [1.807, 2.05) is 0 Å². The molecule has 1 atom stereocenters. The van der Waals surface area contributed by atoms with Crippen molar-refractivity contribution in [1.29, 1.82) is 0 Å². The van der Waals surface area contributed by atoms with E-state index in [1.54, 1.807) is 0 Å². The van der Waals surface area contributed by atoms with Gasteiger partial charge in [0.2, 0.25) is 5.88 Å². The minimum absolute atomic E-state index is 0.00410. The maximum atomic E-state index is 14.9. The van der Waals surface area contributed by atoms with Crippen molar-refractivity contribution in [3.63, 3.8) is 0 Å². The summed E-state index contributed by atoms with van der Waals surface area (Å²) in [4.78, 5) is 37.0. The summed E-state index contributed by atoms with van der Waals surface area (Å²) in [5.41, 5.74) is -0.934. The molecule has 4 aromatic heterocycles. The summed E-state index contributed by atoms with van der Waals surface area (Å²) in [5, 5.41) is 4.25. The number of pyridine rings is 1. The van der Waals surface area contributed by atoms with E-state index in [4.69, 9.17) is 4.74 Å². The molecule has 0 unspecified atom stereocenters. The molecule has 0 aromatic carbocycles. The van der Waals surface area contributed by atoms with Gasteiger partial charge >= 0.3 is 18.0 Å². The average molecular weight is 511 g/mol. The van der Waals surface area contributed by atoms with Crippen LogP contribution in [0.3, 0.4) is 0 Å². The Balaban J connectivity index is 1.43. The van der Waals surface area contributed by atoms with E-state index in [2.05, 4.69) is 29.8 Å². The first-order chi connectivity index (χ1) is 17.0. The standard InChI is InChI=1S/C20H14F5N7O4/c21-19(22)9-31(8-14(19)35-15-2-1-10(6-27-15)36-20(23,24)25)13-5-12(30-32-4-3-26-16(13)32)11-7-28-18(34)29-17(11)33/h1-7,14H,8-9H2,(H2,28,29,33,34)/t14-/m1/s1. The Morgan fingerprint density at radius 3 is 2.67 bits per heavy atom. The topological polar surface area (TPSA) is 130 Å². The van der Waals surface area contributed by atoms with E-state index in [-0.39, 0.29) is 35.0 Å². The number of nitrogens with zero attached hydrogens (tertiary/aromatic N) is 5. The average Bonchev–Trinajstić information content (AvgIpc) is 3.37. The lowest BCUT2D eigenvalue weighted by molar-refractivity contribution is -0.274. The molecule has 1 saturated heterocycles. The normalized spacial score (nSPS) is 17.5. The van der Waals surface area contributed by atoms with Crippen LogP contribution in [0.25, 0.3) is 16.9 Å². The Bertz CT molecular complexity index is 1530. The summed E-state index contributed by atoms with van der Waals surface area (Å²) in [6, 6.07) is 3.26. The molecule has 5 heterocycles. The van der Waals surface area contributed by atoms with E-state index in [9.17, 15) is 31.5 Å². The van der Waals surface area contributed by atoms with Gasteiger partial charge in [-0.3, -0.25) is 9.78 Å². The van der Waals surface area contributed by atoms with Gasteiger partial charge in [0.05, 0.1) is 30.5 Å². The van der Waals surface area contributed by atoms with Crippen LogP contribution in [0.4, 0.5) is 27.6 Å². The van der Waals surface area contributed by atoms with Crippen LogP contribution in [-0.4, -0.2) is 61.0 Å². The summed E-state index contributed by atoms with van der Waals surface area (Å²) in [7, 11) is 0. The number of halogens is 5. The molecule has 0 radical (unpaired) electrons. The second kappa shape index (κ2) is 8.31. The lowest BCUT2D eigenvalue weighted by Gasteiger charge is -2.19. The zero-order valence-electron chi connectivity index (χ0n) is 17.8. The van der Waals surface area contributed by atoms with Gasteiger partial charge in [-0.15, -0.1) is 13.2 Å². The Morgan fingerprint density at radius 1 is 1.17 bits per heavy atom. The minimum atomic E-state index is -4.93. The first-order valence-electron chi connectivity index (χ1n) is 10.2. The maximum Gasteiger partial charge on any atom is 0.573 e. The zero-order valence-corrected chi connectivity index (χ0v) is 17.8. The van der Waals surface area contributed by atoms with Crippen LogP contribution in [0.2, 0.25) is 0 Å². The van der Waals surface area contributed by atoms with Gasteiger partial charge in [-0.1, -0.05) is 0 Å². The molecular formula is C20H14F5N7O4. The van der Waals surface area contributed by atoms with Gasteiger partial charge in [-0.05, 0) is 12.1 Å². The summed E-state index contributed by atoms with van der Waals surface area (Å²) in [6.07, 6.45) is -1.92. The Morgan fingerprint density at radius 2 is 1.97 bits per heavy atom. The van der Waals surface area contributed by atoms with Gasteiger partial charge in [-0.2, -0.15) is 5.10 Å². The Kier molecular flexibility index (Phi) is 5.37. The fourth-order valence-electron chi connectivity index (χ4n) is 3.70. The van der Waals surface area contributed by atoms with Crippen LogP contribution in [0, 0.1) is 0 Å². The fraction of sp³-hybridized carbons (Fsp3) is 0.250. The van der Waals surface area contributed by atoms with Crippen molar-refractivity contribution in [3.8, 4) is 22.9 Å². The number of ether oxygens (including phenoxy) is 2. The van der Waals surface area contributed by atoms with Crippen LogP contribution in [0.5, 0.6) is 11.6 Å². The molecule has 1 aliphatic heterocycles. The number of fused-ring (bicyclic) bond motifs is 1. The third-order valence-electron chi connectivity index (χ3n) is 5.24. The second-order valence-corrected chi connectivity index (χ2v) is 7.72. The third kappa shape index (κ3) is 4.56. The monoisotopic (exact) mass is 511 g/mol. The SMILES string of the molecule is O=c1[nH]cc(-c2cc(N3C[C@@H](Oc4ccc(OC(F)(F)F)cn4)C(F)(F)C3)c3nccn3n2)c(=O)[nH]1. The molecule has 1 aliphatic rings. The molecule has 0 aliphatic carbocycles. The highest BCUT2D eigenvalue weighted by Crippen LogP contribution is 2.36. The highest BCUT2D eigenvalue weighted by molar-refractivity contribution is 5.74. The summed E-state index contributed by atoms with van der Waals surface area (Å²) in [6.45, 7) is -1.13. The molecule has 0 bridgehead atoms. The predicted molar refractivity (Wildman–Crippen MR) is 112 cm³/mol. The maximum absolute atomic E-state index is 14.9.